The van der Waals surface area contributed by atoms with E-state index in [9.17, 15) is 4.39 Å². The summed E-state index contributed by atoms with van der Waals surface area (Å²) >= 11 is 0. The van der Waals surface area contributed by atoms with Crippen molar-refractivity contribution in [3.05, 3.63) is 46.9 Å². The minimum absolute atomic E-state index is 0.0956. The molecule has 2 heterocycles. The summed E-state index contributed by atoms with van der Waals surface area (Å²) < 4.78 is 19.2. The molecule has 0 spiro atoms. The summed E-state index contributed by atoms with van der Waals surface area (Å²) in [6, 6.07) is 6.89. The van der Waals surface area contributed by atoms with Crippen molar-refractivity contribution in [2.75, 3.05) is 6.54 Å². The maximum Gasteiger partial charge on any atom is 0.221 e. The van der Waals surface area contributed by atoms with Crippen molar-refractivity contribution in [3.8, 4) is 6.07 Å². The summed E-state index contributed by atoms with van der Waals surface area (Å²) in [6.07, 6.45) is 2.81. The summed E-state index contributed by atoms with van der Waals surface area (Å²) in [5.74, 6) is 1.12. The highest BCUT2D eigenvalue weighted by Gasteiger charge is 2.32. The monoisotopic (exact) mass is 328 g/mol. The molecule has 6 heteroatoms. The third-order valence-corrected chi connectivity index (χ3v) is 4.76. The molecule has 0 radical (unpaired) electrons. The average Bonchev–Trinajstić information content (AvgIpc) is 3.07. The zero-order valence-electron chi connectivity index (χ0n) is 14.0. The number of nitriles is 1. The zero-order valence-corrected chi connectivity index (χ0v) is 14.0. The predicted octanol–water partition coefficient (Wildman–Crippen LogP) is 3.41. The molecule has 0 saturated carbocycles. The van der Waals surface area contributed by atoms with Crippen LogP contribution in [0.1, 0.15) is 55.5 Å². The lowest BCUT2D eigenvalue weighted by molar-refractivity contribution is 0.118. The molecule has 2 atom stereocenters. The molecule has 5 nitrogen and oxygen atoms in total. The molecule has 1 aliphatic heterocycles. The number of benzene rings is 1. The van der Waals surface area contributed by atoms with E-state index in [1.54, 1.807) is 12.1 Å². The fourth-order valence-electron chi connectivity index (χ4n) is 3.32. The van der Waals surface area contributed by atoms with Gasteiger partial charge in [-0.25, -0.2) is 4.39 Å². The molecule has 2 aromatic rings. The number of halogens is 1. The van der Waals surface area contributed by atoms with Gasteiger partial charge in [0.2, 0.25) is 11.8 Å². The number of nitrogens with zero attached hydrogens (tertiary/aromatic N) is 4. The average molecular weight is 328 g/mol. The van der Waals surface area contributed by atoms with Crippen LogP contribution in [0.15, 0.2) is 22.6 Å². The van der Waals surface area contributed by atoms with Gasteiger partial charge < -0.3 is 4.42 Å². The van der Waals surface area contributed by atoms with Crippen molar-refractivity contribution in [2.45, 2.75) is 51.6 Å². The first-order chi connectivity index (χ1) is 11.6. The molecule has 1 fully saturated rings. The van der Waals surface area contributed by atoms with Crippen LogP contribution in [0.2, 0.25) is 0 Å². The van der Waals surface area contributed by atoms with Gasteiger partial charge in [-0.2, -0.15) is 5.26 Å². The second kappa shape index (κ2) is 7.10. The van der Waals surface area contributed by atoms with E-state index < -0.39 is 5.82 Å². The molecule has 3 rings (SSSR count). The summed E-state index contributed by atoms with van der Waals surface area (Å²) in [4.78, 5) is 2.33. The Morgan fingerprint density at radius 3 is 2.96 bits per heavy atom. The first-order valence-corrected chi connectivity index (χ1v) is 8.37. The Hall–Kier alpha value is -2.26. The lowest BCUT2D eigenvalue weighted by Gasteiger charge is -2.38. The van der Waals surface area contributed by atoms with Gasteiger partial charge >= 0.3 is 0 Å². The molecule has 0 unspecified atom stereocenters. The quantitative estimate of drug-likeness (QED) is 0.860. The minimum Gasteiger partial charge on any atom is -0.425 e. The second-order valence-corrected chi connectivity index (χ2v) is 6.27. The van der Waals surface area contributed by atoms with E-state index in [1.165, 1.54) is 6.07 Å². The number of hydrogen-bond donors (Lipinski definition) is 0. The van der Waals surface area contributed by atoms with Gasteiger partial charge in [0.05, 0.1) is 11.5 Å². The Morgan fingerprint density at radius 2 is 2.25 bits per heavy atom. The van der Waals surface area contributed by atoms with Gasteiger partial charge in [0.25, 0.3) is 0 Å². The fourth-order valence-corrected chi connectivity index (χ4v) is 3.32. The van der Waals surface area contributed by atoms with Crippen LogP contribution in [0.3, 0.4) is 0 Å². The Morgan fingerprint density at radius 1 is 1.42 bits per heavy atom. The summed E-state index contributed by atoms with van der Waals surface area (Å²) in [5, 5.41) is 17.3. The second-order valence-electron chi connectivity index (χ2n) is 6.27. The van der Waals surface area contributed by atoms with Gasteiger partial charge in [0.1, 0.15) is 11.9 Å². The van der Waals surface area contributed by atoms with E-state index in [1.807, 2.05) is 13.0 Å². The molecule has 126 valence electrons. The molecule has 0 amide bonds. The minimum atomic E-state index is -0.469. The first-order valence-electron chi connectivity index (χ1n) is 8.37. The molecule has 1 aliphatic rings. The van der Waals surface area contributed by atoms with Crippen LogP contribution in [0.5, 0.6) is 0 Å². The normalized spacial score (nSPS) is 21.6. The molecular formula is C18H21FN4O. The number of aryl methyl sites for hydroxylation is 1. The summed E-state index contributed by atoms with van der Waals surface area (Å²) in [6.45, 7) is 5.80. The summed E-state index contributed by atoms with van der Waals surface area (Å²) in [7, 11) is 0. The van der Waals surface area contributed by atoms with Gasteiger partial charge in [0.15, 0.2) is 0 Å². The van der Waals surface area contributed by atoms with E-state index in [4.69, 9.17) is 9.68 Å². The van der Waals surface area contributed by atoms with Crippen molar-refractivity contribution in [3.63, 3.8) is 0 Å². The standard InChI is InChI=1S/C18H21FN4O/c1-3-17-21-22-18(24-17)15-5-4-8-23(12(15)2)11-13-6-7-16(19)14(9-13)10-20/h6-7,9,12,15H,3-5,8,11H2,1-2H3/t12-,15-/m0/s1. The fraction of sp³-hybridized carbons (Fsp3) is 0.500. The zero-order chi connectivity index (χ0) is 17.1. The van der Waals surface area contributed by atoms with Crippen LogP contribution in [0, 0.1) is 17.1 Å². The number of rotatable bonds is 4. The predicted molar refractivity (Wildman–Crippen MR) is 86.6 cm³/mol. The molecule has 1 aromatic heterocycles. The van der Waals surface area contributed by atoms with Crippen LogP contribution in [-0.4, -0.2) is 27.7 Å². The van der Waals surface area contributed by atoms with Gasteiger partial charge in [-0.05, 0) is 44.0 Å². The van der Waals surface area contributed by atoms with Gasteiger partial charge in [-0.3, -0.25) is 4.90 Å². The summed E-state index contributed by atoms with van der Waals surface area (Å²) in [5.41, 5.74) is 1.04. The molecule has 0 bridgehead atoms. The molecule has 24 heavy (non-hydrogen) atoms. The lowest BCUT2D eigenvalue weighted by atomic mass is 9.89. The number of aromatic nitrogens is 2. The van der Waals surface area contributed by atoms with Crippen LogP contribution >= 0.6 is 0 Å². The maximum absolute atomic E-state index is 13.5. The Kier molecular flexibility index (Phi) is 4.91. The molecule has 1 saturated heterocycles. The van der Waals surface area contributed by atoms with Gasteiger partial charge in [-0.15, -0.1) is 10.2 Å². The topological polar surface area (TPSA) is 66.0 Å². The van der Waals surface area contributed by atoms with Gasteiger partial charge in [0, 0.05) is 19.0 Å². The van der Waals surface area contributed by atoms with E-state index >= 15 is 0 Å². The maximum atomic E-state index is 13.5. The van der Waals surface area contributed by atoms with Crippen LogP contribution in [-0.2, 0) is 13.0 Å². The van der Waals surface area contributed by atoms with Crippen molar-refractivity contribution < 1.29 is 8.81 Å². The van der Waals surface area contributed by atoms with Crippen LogP contribution in [0.25, 0.3) is 0 Å². The Labute approximate surface area is 141 Å². The van der Waals surface area contributed by atoms with E-state index in [2.05, 4.69) is 22.0 Å². The highest BCUT2D eigenvalue weighted by atomic mass is 19.1. The highest BCUT2D eigenvalue weighted by molar-refractivity contribution is 5.34. The first kappa shape index (κ1) is 16.6. The third kappa shape index (κ3) is 3.31. The Balaban J connectivity index is 1.75. The van der Waals surface area contributed by atoms with Crippen LogP contribution < -0.4 is 0 Å². The highest BCUT2D eigenvalue weighted by Crippen LogP contribution is 2.32. The SMILES string of the molecule is CCc1nnc([C@H]2CCCN(Cc3ccc(F)c(C#N)c3)[C@H]2C)o1. The molecule has 0 aliphatic carbocycles. The number of piperidine rings is 1. The lowest BCUT2D eigenvalue weighted by Crippen LogP contribution is -2.41. The number of hydrogen-bond acceptors (Lipinski definition) is 5. The van der Waals surface area contributed by atoms with Crippen molar-refractivity contribution in [1.82, 2.24) is 15.1 Å². The third-order valence-electron chi connectivity index (χ3n) is 4.76. The van der Waals surface area contributed by atoms with E-state index in [-0.39, 0.29) is 17.5 Å². The smallest absolute Gasteiger partial charge is 0.221 e. The molecule has 1 aromatic carbocycles. The molecule has 0 N–H and O–H groups in total. The molecular weight excluding hydrogens is 307 g/mol. The van der Waals surface area contributed by atoms with Crippen molar-refractivity contribution in [2.24, 2.45) is 0 Å². The number of likely N-dealkylation sites (tertiary alicyclic amines) is 1. The van der Waals surface area contributed by atoms with Gasteiger partial charge in [-0.1, -0.05) is 13.0 Å². The Bertz CT molecular complexity index is 752. The van der Waals surface area contributed by atoms with E-state index in [0.29, 0.717) is 18.3 Å². The van der Waals surface area contributed by atoms with E-state index in [0.717, 1.165) is 31.4 Å². The van der Waals surface area contributed by atoms with Crippen LogP contribution in [0.4, 0.5) is 4.39 Å². The largest absolute Gasteiger partial charge is 0.425 e. The van der Waals surface area contributed by atoms with Crippen molar-refractivity contribution in [1.29, 1.82) is 5.26 Å². The van der Waals surface area contributed by atoms with Crippen molar-refractivity contribution >= 4 is 0 Å².